The van der Waals surface area contributed by atoms with E-state index < -0.39 is 6.23 Å². The topological polar surface area (TPSA) is 33.8 Å². The summed E-state index contributed by atoms with van der Waals surface area (Å²) in [6, 6.07) is 16.3. The van der Waals surface area contributed by atoms with Crippen molar-refractivity contribution in [1.29, 1.82) is 0 Å². The molecular formula is C14H11NO2. The van der Waals surface area contributed by atoms with Crippen LogP contribution in [0.5, 0.6) is 11.5 Å². The number of nitrogens with zero attached hydrogens (tertiary/aromatic N) is 1. The van der Waals surface area contributed by atoms with E-state index in [0.29, 0.717) is 11.3 Å². The van der Waals surface area contributed by atoms with Gasteiger partial charge in [-0.05, 0) is 30.3 Å². The van der Waals surface area contributed by atoms with Crippen molar-refractivity contribution in [3.05, 3.63) is 71.6 Å². The van der Waals surface area contributed by atoms with Crippen LogP contribution in [0.1, 0.15) is 11.8 Å². The lowest BCUT2D eigenvalue weighted by Crippen LogP contribution is -1.91. The molecule has 0 aliphatic rings. The van der Waals surface area contributed by atoms with Gasteiger partial charge in [0.15, 0.2) is 0 Å². The highest BCUT2D eigenvalue weighted by atomic mass is 16.5. The van der Waals surface area contributed by atoms with E-state index in [-0.39, 0.29) is 0 Å². The highest BCUT2D eigenvalue weighted by molar-refractivity contribution is 5.35. The molecule has 3 nitrogen and oxygen atoms in total. The molecule has 1 atom stereocenters. The first-order chi connectivity index (χ1) is 8.29. The zero-order valence-electron chi connectivity index (χ0n) is 9.08. The summed E-state index contributed by atoms with van der Waals surface area (Å²) >= 11 is 0. The summed E-state index contributed by atoms with van der Waals surface area (Å²) in [7, 11) is 0. The minimum atomic E-state index is -1.13. The van der Waals surface area contributed by atoms with Crippen molar-refractivity contribution in [3.63, 3.8) is 0 Å². The van der Waals surface area contributed by atoms with Crippen LogP contribution in [-0.2, 0) is 0 Å². The molecule has 0 heterocycles. The molecule has 2 aromatic rings. The molecule has 0 fully saturated rings. The SMILES string of the molecule is [C-]#[N+]C(O)c1cccc(Oc2ccccc2)c1. The Morgan fingerprint density at radius 3 is 2.41 bits per heavy atom. The van der Waals surface area contributed by atoms with Crippen molar-refractivity contribution < 1.29 is 9.84 Å². The fourth-order valence-electron chi connectivity index (χ4n) is 1.44. The van der Waals surface area contributed by atoms with Crippen molar-refractivity contribution in [2.24, 2.45) is 0 Å². The third kappa shape index (κ3) is 2.83. The molecule has 0 aliphatic heterocycles. The van der Waals surface area contributed by atoms with Crippen LogP contribution >= 0.6 is 0 Å². The lowest BCUT2D eigenvalue weighted by molar-refractivity contribution is 0.226. The zero-order chi connectivity index (χ0) is 12.1. The molecule has 0 radical (unpaired) electrons. The van der Waals surface area contributed by atoms with Gasteiger partial charge in [0.1, 0.15) is 11.5 Å². The van der Waals surface area contributed by atoms with Crippen LogP contribution in [0.2, 0.25) is 0 Å². The maximum Gasteiger partial charge on any atom is 0.352 e. The summed E-state index contributed by atoms with van der Waals surface area (Å²) < 4.78 is 5.60. The Morgan fingerprint density at radius 1 is 1.00 bits per heavy atom. The van der Waals surface area contributed by atoms with E-state index >= 15 is 0 Å². The average Bonchev–Trinajstić information content (AvgIpc) is 2.39. The van der Waals surface area contributed by atoms with Crippen LogP contribution in [0.15, 0.2) is 54.6 Å². The molecule has 0 amide bonds. The van der Waals surface area contributed by atoms with Gasteiger partial charge >= 0.3 is 6.23 Å². The molecule has 0 aliphatic carbocycles. The normalized spacial score (nSPS) is 11.5. The van der Waals surface area contributed by atoms with Gasteiger partial charge in [0.2, 0.25) is 0 Å². The fraction of sp³-hybridized carbons (Fsp3) is 0.0714. The Labute approximate surface area is 99.7 Å². The fourth-order valence-corrected chi connectivity index (χ4v) is 1.44. The first-order valence-electron chi connectivity index (χ1n) is 5.17. The number of para-hydroxylation sites is 1. The zero-order valence-corrected chi connectivity index (χ0v) is 9.08. The van der Waals surface area contributed by atoms with Gasteiger partial charge < -0.3 is 9.84 Å². The van der Waals surface area contributed by atoms with Crippen LogP contribution in [0, 0.1) is 6.57 Å². The van der Waals surface area contributed by atoms with E-state index in [4.69, 9.17) is 11.3 Å². The smallest absolute Gasteiger partial charge is 0.352 e. The van der Waals surface area contributed by atoms with Crippen molar-refractivity contribution in [2.75, 3.05) is 0 Å². The van der Waals surface area contributed by atoms with Gasteiger partial charge in [-0.2, -0.15) is 0 Å². The third-order valence-electron chi connectivity index (χ3n) is 2.26. The molecule has 1 N–H and O–H groups in total. The van der Waals surface area contributed by atoms with E-state index in [9.17, 15) is 5.11 Å². The standard InChI is InChI=1S/C14H11NO2/c1-15-14(16)11-6-5-9-13(10-11)17-12-7-3-2-4-8-12/h2-10,14,16H. The van der Waals surface area contributed by atoms with Gasteiger partial charge in [0.05, 0.1) is 5.56 Å². The van der Waals surface area contributed by atoms with Gasteiger partial charge in [0, 0.05) is 0 Å². The van der Waals surface area contributed by atoms with Gasteiger partial charge in [-0.25, -0.2) is 6.57 Å². The van der Waals surface area contributed by atoms with Crippen molar-refractivity contribution in [1.82, 2.24) is 0 Å². The van der Waals surface area contributed by atoms with Crippen LogP contribution in [-0.4, -0.2) is 5.11 Å². The summed E-state index contributed by atoms with van der Waals surface area (Å²) in [6.07, 6.45) is -1.13. The summed E-state index contributed by atoms with van der Waals surface area (Å²) in [5.41, 5.74) is 0.536. The second kappa shape index (κ2) is 5.15. The van der Waals surface area contributed by atoms with E-state index in [0.717, 1.165) is 5.75 Å². The minimum Gasteiger partial charge on any atom is -0.457 e. The van der Waals surface area contributed by atoms with Gasteiger partial charge in [0.25, 0.3) is 0 Å². The van der Waals surface area contributed by atoms with Crippen molar-refractivity contribution in [2.45, 2.75) is 6.23 Å². The number of hydrogen-bond acceptors (Lipinski definition) is 2. The van der Waals surface area contributed by atoms with Crippen molar-refractivity contribution >= 4 is 0 Å². The van der Waals surface area contributed by atoms with Crippen LogP contribution in [0.3, 0.4) is 0 Å². The molecule has 84 valence electrons. The summed E-state index contributed by atoms with van der Waals surface area (Å²) in [6.45, 7) is 6.77. The van der Waals surface area contributed by atoms with Crippen LogP contribution in [0.4, 0.5) is 0 Å². The molecule has 0 saturated carbocycles. The molecule has 2 aromatic carbocycles. The summed E-state index contributed by atoms with van der Waals surface area (Å²) in [5.74, 6) is 1.33. The number of aliphatic hydroxyl groups is 1. The molecule has 0 spiro atoms. The highest BCUT2D eigenvalue weighted by Crippen LogP contribution is 2.24. The maximum atomic E-state index is 9.41. The van der Waals surface area contributed by atoms with E-state index in [1.54, 1.807) is 24.3 Å². The number of ether oxygens (including phenoxy) is 1. The first-order valence-corrected chi connectivity index (χ1v) is 5.17. The highest BCUT2D eigenvalue weighted by Gasteiger charge is 2.11. The van der Waals surface area contributed by atoms with Crippen LogP contribution < -0.4 is 4.74 Å². The molecule has 3 heteroatoms. The first kappa shape index (κ1) is 11.2. The third-order valence-corrected chi connectivity index (χ3v) is 2.26. The second-order valence-electron chi connectivity index (χ2n) is 3.49. The van der Waals surface area contributed by atoms with Crippen molar-refractivity contribution in [3.8, 4) is 11.5 Å². The monoisotopic (exact) mass is 225 g/mol. The van der Waals surface area contributed by atoms with E-state index in [2.05, 4.69) is 4.85 Å². The predicted octanol–water partition coefficient (Wildman–Crippen LogP) is 3.39. The number of hydrogen-bond donors (Lipinski definition) is 1. The molecule has 0 aromatic heterocycles. The Balaban J connectivity index is 2.20. The molecule has 0 bridgehead atoms. The second-order valence-corrected chi connectivity index (χ2v) is 3.49. The lowest BCUT2D eigenvalue weighted by atomic mass is 10.2. The Kier molecular flexibility index (Phi) is 3.39. The maximum absolute atomic E-state index is 9.41. The lowest BCUT2D eigenvalue weighted by Gasteiger charge is -2.06. The molecule has 1 unspecified atom stereocenters. The Hall–Kier alpha value is -2.31. The predicted molar refractivity (Wildman–Crippen MR) is 64.5 cm³/mol. The Morgan fingerprint density at radius 2 is 1.71 bits per heavy atom. The molecular weight excluding hydrogens is 214 g/mol. The Bertz CT molecular complexity index is 531. The van der Waals surface area contributed by atoms with E-state index in [1.807, 2.05) is 30.3 Å². The van der Waals surface area contributed by atoms with Gasteiger partial charge in [-0.15, -0.1) is 0 Å². The largest absolute Gasteiger partial charge is 0.457 e. The molecule has 2 rings (SSSR count). The summed E-state index contributed by atoms with van der Waals surface area (Å²) in [5, 5.41) is 9.41. The number of aliphatic hydroxyl groups excluding tert-OH is 1. The average molecular weight is 225 g/mol. The van der Waals surface area contributed by atoms with E-state index in [1.165, 1.54) is 0 Å². The number of benzene rings is 2. The van der Waals surface area contributed by atoms with Crippen LogP contribution in [0.25, 0.3) is 4.85 Å². The molecule has 0 saturated heterocycles. The summed E-state index contributed by atoms with van der Waals surface area (Å²) in [4.78, 5) is 3.06. The minimum absolute atomic E-state index is 0.536. The van der Waals surface area contributed by atoms with Gasteiger partial charge in [-0.3, -0.25) is 4.85 Å². The van der Waals surface area contributed by atoms with Gasteiger partial charge in [-0.1, -0.05) is 24.3 Å². The molecule has 17 heavy (non-hydrogen) atoms. The number of rotatable bonds is 3. The quantitative estimate of drug-likeness (QED) is 0.812.